The number of benzene rings is 2. The van der Waals surface area contributed by atoms with Gasteiger partial charge in [-0.1, -0.05) is 63.8 Å². The zero-order valence-electron chi connectivity index (χ0n) is 19.0. The van der Waals surface area contributed by atoms with Gasteiger partial charge in [0, 0.05) is 23.8 Å². The van der Waals surface area contributed by atoms with Gasteiger partial charge >= 0.3 is 0 Å². The summed E-state index contributed by atoms with van der Waals surface area (Å²) in [6, 6.07) is 15.4. The minimum Gasteiger partial charge on any atom is -0.206 e. The average molecular weight is 394 g/mol. The highest BCUT2D eigenvalue weighted by Gasteiger charge is 2.27. The Morgan fingerprint density at radius 2 is 1.64 bits per heavy atom. The van der Waals surface area contributed by atoms with Gasteiger partial charge in [0.05, 0.1) is 8.07 Å². The van der Waals surface area contributed by atoms with Crippen molar-refractivity contribution in [3.05, 3.63) is 71.7 Å². The van der Waals surface area contributed by atoms with E-state index in [9.17, 15) is 4.39 Å². The molecule has 2 aromatic carbocycles. The molecule has 0 N–H and O–H groups in total. The molecule has 0 fully saturated rings. The number of halogens is 1. The molecule has 3 aromatic rings. The summed E-state index contributed by atoms with van der Waals surface area (Å²) in [4.78, 5) is 0. The highest BCUT2D eigenvalue weighted by Crippen LogP contribution is 2.31. The molecule has 1 nitrogen and oxygen atoms in total. The number of hydrogen-bond acceptors (Lipinski definition) is 0. The standard InChI is InChI=1S/C25H31FNSi/c1-17(2)20-15-24(27(4)16-25(20)28(5,6)7)21-14-22(23(26)13-18(21)3)19-11-9-8-10-12-19/h8-17H,1-7H3/q+1/i17D. The largest absolute Gasteiger partial charge is 0.212 e. The number of rotatable bonds is 4. The lowest BCUT2D eigenvalue weighted by atomic mass is 9.95. The van der Waals surface area contributed by atoms with Crippen LogP contribution in [-0.4, -0.2) is 8.07 Å². The van der Waals surface area contributed by atoms with Gasteiger partial charge in [-0.25, -0.2) is 8.96 Å². The van der Waals surface area contributed by atoms with Crippen LogP contribution in [0.4, 0.5) is 4.39 Å². The maximum absolute atomic E-state index is 14.8. The molecule has 146 valence electrons. The van der Waals surface area contributed by atoms with Crippen molar-refractivity contribution in [3.8, 4) is 22.4 Å². The second-order valence-corrected chi connectivity index (χ2v) is 13.9. The van der Waals surface area contributed by atoms with Gasteiger partial charge in [0.1, 0.15) is 12.9 Å². The van der Waals surface area contributed by atoms with E-state index in [2.05, 4.69) is 36.5 Å². The average Bonchev–Trinajstić information content (AvgIpc) is 2.61. The number of pyridine rings is 1. The van der Waals surface area contributed by atoms with E-state index < -0.39 is 14.0 Å². The molecule has 3 rings (SSSR count). The maximum Gasteiger partial charge on any atom is 0.212 e. The Kier molecular flexibility index (Phi) is 5.20. The first-order chi connectivity index (χ1) is 13.4. The maximum atomic E-state index is 14.8. The van der Waals surface area contributed by atoms with Crippen LogP contribution in [0, 0.1) is 12.7 Å². The molecule has 3 heteroatoms. The Morgan fingerprint density at radius 3 is 2.21 bits per heavy atom. The third-order valence-corrected chi connectivity index (χ3v) is 7.31. The Hall–Kier alpha value is -2.26. The zero-order valence-corrected chi connectivity index (χ0v) is 19.0. The first-order valence-electron chi connectivity index (χ1n) is 10.3. The second kappa shape index (κ2) is 7.63. The predicted molar refractivity (Wildman–Crippen MR) is 120 cm³/mol. The number of nitrogens with zero attached hydrogens (tertiary/aromatic N) is 1. The number of hydrogen-bond donors (Lipinski definition) is 0. The smallest absolute Gasteiger partial charge is 0.206 e. The van der Waals surface area contributed by atoms with Gasteiger partial charge in [-0.2, -0.15) is 0 Å². The van der Waals surface area contributed by atoms with Crippen molar-refractivity contribution in [2.75, 3.05) is 0 Å². The minimum absolute atomic E-state index is 0.208. The van der Waals surface area contributed by atoms with Crippen LogP contribution in [0.15, 0.2) is 54.7 Å². The molecule has 0 saturated heterocycles. The van der Waals surface area contributed by atoms with Crippen LogP contribution in [0.1, 0.15) is 32.2 Å². The van der Waals surface area contributed by atoms with E-state index in [0.717, 1.165) is 27.9 Å². The summed E-state index contributed by atoms with van der Waals surface area (Å²) in [5.41, 5.74) is 5.44. The van der Waals surface area contributed by atoms with Gasteiger partial charge < -0.3 is 0 Å². The van der Waals surface area contributed by atoms with Crippen LogP contribution in [0.25, 0.3) is 22.4 Å². The minimum atomic E-state index is -1.63. The molecule has 0 atom stereocenters. The third-order valence-electron chi connectivity index (χ3n) is 5.30. The summed E-state index contributed by atoms with van der Waals surface area (Å²) in [6.45, 7) is 12.8. The van der Waals surface area contributed by atoms with E-state index in [4.69, 9.17) is 1.37 Å². The molecule has 0 spiro atoms. The fourth-order valence-electron chi connectivity index (χ4n) is 3.72. The van der Waals surface area contributed by atoms with Crippen LogP contribution >= 0.6 is 0 Å². The van der Waals surface area contributed by atoms with Crippen molar-refractivity contribution in [2.45, 2.75) is 46.3 Å². The van der Waals surface area contributed by atoms with Gasteiger partial charge in [-0.15, -0.1) is 0 Å². The molecule has 0 bridgehead atoms. The molecule has 0 aliphatic rings. The van der Waals surface area contributed by atoms with Crippen LogP contribution in [0.3, 0.4) is 0 Å². The lowest BCUT2D eigenvalue weighted by molar-refractivity contribution is -0.659. The summed E-state index contributed by atoms with van der Waals surface area (Å²) < 4.78 is 25.7. The molecule has 0 amide bonds. The lowest BCUT2D eigenvalue weighted by Gasteiger charge is -2.22. The van der Waals surface area contributed by atoms with Crippen molar-refractivity contribution in [3.63, 3.8) is 0 Å². The van der Waals surface area contributed by atoms with E-state index in [1.165, 1.54) is 5.19 Å². The van der Waals surface area contributed by atoms with Crippen LogP contribution < -0.4 is 9.75 Å². The van der Waals surface area contributed by atoms with E-state index in [0.29, 0.717) is 5.56 Å². The monoisotopic (exact) mass is 393 g/mol. The SMILES string of the molecule is [2H]C(C)(C)c1cc(-c2cc(-c3ccccc3)c(F)cc2C)[n+](C)cc1[Si](C)(C)C. The molecule has 0 aliphatic carbocycles. The van der Waals surface area contributed by atoms with Crippen LogP contribution in [0.2, 0.25) is 19.6 Å². The molecule has 0 radical (unpaired) electrons. The molecule has 0 unspecified atom stereocenters. The fourth-order valence-corrected chi connectivity index (χ4v) is 5.43. The van der Waals surface area contributed by atoms with Crippen molar-refractivity contribution in [2.24, 2.45) is 7.05 Å². The van der Waals surface area contributed by atoms with E-state index in [-0.39, 0.29) is 5.82 Å². The Balaban J connectivity index is 2.29. The molecular formula is C25H31FNSi+. The van der Waals surface area contributed by atoms with Crippen molar-refractivity contribution < 1.29 is 10.3 Å². The predicted octanol–water partition coefficient (Wildman–Crippen LogP) is 5.96. The van der Waals surface area contributed by atoms with E-state index >= 15 is 0 Å². The van der Waals surface area contributed by atoms with Gasteiger partial charge in [-0.3, -0.25) is 0 Å². The Labute approximate surface area is 171 Å². The summed E-state index contributed by atoms with van der Waals surface area (Å²) in [7, 11) is 0.416. The summed E-state index contributed by atoms with van der Waals surface area (Å²) in [5.74, 6) is -0.908. The lowest BCUT2D eigenvalue weighted by Crippen LogP contribution is -2.47. The van der Waals surface area contributed by atoms with Crippen molar-refractivity contribution in [1.29, 1.82) is 0 Å². The fraction of sp³-hybridized carbons (Fsp3) is 0.320. The van der Waals surface area contributed by atoms with Crippen molar-refractivity contribution in [1.82, 2.24) is 0 Å². The van der Waals surface area contributed by atoms with Crippen LogP contribution in [0.5, 0.6) is 0 Å². The molecule has 0 saturated carbocycles. The quantitative estimate of drug-likeness (QED) is 0.380. The first-order valence-corrected chi connectivity index (χ1v) is 13.3. The van der Waals surface area contributed by atoms with Gasteiger partial charge in [0.2, 0.25) is 5.69 Å². The zero-order chi connectivity index (χ0) is 21.6. The summed E-state index contributed by atoms with van der Waals surface area (Å²) >= 11 is 0. The molecule has 1 aromatic heterocycles. The molecular weight excluding hydrogens is 361 g/mol. The van der Waals surface area contributed by atoms with E-state index in [1.807, 2.05) is 64.2 Å². The number of aryl methyl sites for hydroxylation is 2. The van der Waals surface area contributed by atoms with E-state index in [1.54, 1.807) is 6.07 Å². The van der Waals surface area contributed by atoms with Gasteiger partial charge in [0.25, 0.3) is 0 Å². The summed E-state index contributed by atoms with van der Waals surface area (Å²) in [6.07, 6.45) is 2.19. The summed E-state index contributed by atoms with van der Waals surface area (Å²) in [5, 5.41) is 1.30. The first kappa shape index (κ1) is 19.1. The molecule has 0 aliphatic heterocycles. The van der Waals surface area contributed by atoms with Gasteiger partial charge in [0.15, 0.2) is 6.20 Å². The highest BCUT2D eigenvalue weighted by atomic mass is 28.3. The Morgan fingerprint density at radius 1 is 1.00 bits per heavy atom. The topological polar surface area (TPSA) is 3.88 Å². The number of aromatic nitrogens is 1. The Bertz CT molecular complexity index is 1050. The molecule has 1 heterocycles. The molecule has 28 heavy (non-hydrogen) atoms. The van der Waals surface area contributed by atoms with Crippen LogP contribution in [-0.2, 0) is 7.05 Å². The second-order valence-electron chi connectivity index (χ2n) is 8.86. The van der Waals surface area contributed by atoms with Crippen molar-refractivity contribution >= 4 is 13.3 Å². The third kappa shape index (κ3) is 3.95. The van der Waals surface area contributed by atoms with Gasteiger partial charge in [-0.05, 0) is 41.6 Å². The highest BCUT2D eigenvalue weighted by molar-refractivity contribution is 6.89. The normalized spacial score (nSPS) is 12.8.